The molecule has 0 aliphatic heterocycles. The van der Waals surface area contributed by atoms with Crippen molar-refractivity contribution in [1.29, 1.82) is 0 Å². The van der Waals surface area contributed by atoms with Crippen molar-refractivity contribution in [3.05, 3.63) is 89.8 Å². The maximum Gasteiger partial charge on any atom is 0.201 e. The number of unbranched alkanes of at least 4 members (excludes halogenated alkanes) is 2. The van der Waals surface area contributed by atoms with Crippen LogP contribution in [0.3, 0.4) is 0 Å². The first-order valence-electron chi connectivity index (χ1n) is 13.7. The fourth-order valence-electron chi connectivity index (χ4n) is 5.14. The number of rotatable bonds is 10. The molecule has 4 rings (SSSR count). The van der Waals surface area contributed by atoms with Crippen LogP contribution < -0.4 is 4.74 Å². The molecule has 0 heterocycles. The molecule has 1 nitrogen and oxygen atoms in total. The molecule has 1 aliphatic carbocycles. The number of benzene rings is 3. The van der Waals surface area contributed by atoms with Crippen LogP contribution in [-0.4, -0.2) is 6.61 Å². The molecule has 0 amide bonds. The summed E-state index contributed by atoms with van der Waals surface area (Å²) in [6, 6.07) is 15.5. The van der Waals surface area contributed by atoms with Crippen molar-refractivity contribution in [1.82, 2.24) is 0 Å². The summed E-state index contributed by atoms with van der Waals surface area (Å²) in [6.07, 6.45) is 13.1. The van der Waals surface area contributed by atoms with E-state index in [1.165, 1.54) is 18.6 Å². The molecule has 0 saturated heterocycles. The van der Waals surface area contributed by atoms with Crippen molar-refractivity contribution in [2.75, 3.05) is 6.61 Å². The average molecular weight is 507 g/mol. The van der Waals surface area contributed by atoms with Gasteiger partial charge in [-0.1, -0.05) is 75.2 Å². The molecule has 0 unspecified atom stereocenters. The zero-order valence-corrected chi connectivity index (χ0v) is 21.9. The van der Waals surface area contributed by atoms with Gasteiger partial charge in [0.25, 0.3) is 0 Å². The Labute approximate surface area is 219 Å². The van der Waals surface area contributed by atoms with E-state index in [9.17, 15) is 8.78 Å². The molecular weight excluding hydrogens is 469 g/mol. The van der Waals surface area contributed by atoms with Crippen LogP contribution in [0.1, 0.15) is 76.7 Å². The first-order valence-corrected chi connectivity index (χ1v) is 13.7. The molecule has 3 aromatic carbocycles. The minimum Gasteiger partial charge on any atom is -0.490 e. The van der Waals surface area contributed by atoms with Gasteiger partial charge < -0.3 is 4.74 Å². The van der Waals surface area contributed by atoms with Crippen LogP contribution >= 0.6 is 0 Å². The van der Waals surface area contributed by atoms with Gasteiger partial charge in [0.05, 0.1) is 6.61 Å². The molecule has 0 aromatic heterocycles. The van der Waals surface area contributed by atoms with E-state index >= 15 is 4.39 Å². The molecule has 1 saturated carbocycles. The summed E-state index contributed by atoms with van der Waals surface area (Å²) in [7, 11) is 0. The Morgan fingerprint density at radius 3 is 2.11 bits per heavy atom. The number of hydrogen-bond donors (Lipinski definition) is 0. The number of allylic oxidation sites excluding steroid dienone is 2. The normalized spacial score (nSPS) is 17.9. The van der Waals surface area contributed by atoms with Crippen LogP contribution in [0.5, 0.6) is 5.75 Å². The first kappa shape index (κ1) is 27.0. The van der Waals surface area contributed by atoms with Gasteiger partial charge in [0.1, 0.15) is 5.82 Å². The maximum atomic E-state index is 15.2. The van der Waals surface area contributed by atoms with Crippen molar-refractivity contribution in [3.8, 4) is 28.0 Å². The predicted molar refractivity (Wildman–Crippen MR) is 146 cm³/mol. The van der Waals surface area contributed by atoms with Crippen LogP contribution in [0.15, 0.2) is 66.7 Å². The zero-order chi connectivity index (χ0) is 26.2. The lowest BCUT2D eigenvalue weighted by atomic mass is 9.78. The predicted octanol–water partition coefficient (Wildman–Crippen LogP) is 10.2. The summed E-state index contributed by atoms with van der Waals surface area (Å²) >= 11 is 0. The Morgan fingerprint density at radius 2 is 1.46 bits per heavy atom. The van der Waals surface area contributed by atoms with E-state index in [4.69, 9.17) is 4.74 Å². The van der Waals surface area contributed by atoms with Gasteiger partial charge in [-0.25, -0.2) is 8.78 Å². The summed E-state index contributed by atoms with van der Waals surface area (Å²) in [6.45, 7) is 4.55. The van der Waals surface area contributed by atoms with Crippen molar-refractivity contribution < 1.29 is 17.9 Å². The maximum absolute atomic E-state index is 15.2. The first-order chi connectivity index (χ1) is 18.0. The smallest absolute Gasteiger partial charge is 0.201 e. The Morgan fingerprint density at radius 1 is 0.784 bits per heavy atom. The van der Waals surface area contributed by atoms with Crippen molar-refractivity contribution in [3.63, 3.8) is 0 Å². The highest BCUT2D eigenvalue weighted by Gasteiger charge is 2.22. The third-order valence-corrected chi connectivity index (χ3v) is 7.41. The topological polar surface area (TPSA) is 9.23 Å². The van der Waals surface area contributed by atoms with Gasteiger partial charge in [-0.05, 0) is 85.3 Å². The third kappa shape index (κ3) is 6.66. The highest BCUT2D eigenvalue weighted by Crippen LogP contribution is 2.38. The quantitative estimate of drug-likeness (QED) is 0.196. The second-order valence-corrected chi connectivity index (χ2v) is 10.1. The zero-order valence-electron chi connectivity index (χ0n) is 21.9. The van der Waals surface area contributed by atoms with E-state index in [1.807, 2.05) is 19.1 Å². The van der Waals surface area contributed by atoms with E-state index in [-0.39, 0.29) is 17.1 Å². The van der Waals surface area contributed by atoms with E-state index < -0.39 is 11.6 Å². The molecule has 4 heteroatoms. The Hall–Kier alpha value is -3.01. The second kappa shape index (κ2) is 13.0. The van der Waals surface area contributed by atoms with Crippen LogP contribution in [0.4, 0.5) is 13.2 Å². The minimum atomic E-state index is -0.981. The highest BCUT2D eigenvalue weighted by molar-refractivity contribution is 5.71. The highest BCUT2D eigenvalue weighted by atomic mass is 19.2. The van der Waals surface area contributed by atoms with E-state index in [0.29, 0.717) is 35.1 Å². The Kier molecular flexibility index (Phi) is 9.49. The van der Waals surface area contributed by atoms with Gasteiger partial charge in [-0.2, -0.15) is 4.39 Å². The molecule has 196 valence electrons. The van der Waals surface area contributed by atoms with Crippen molar-refractivity contribution in [2.24, 2.45) is 5.92 Å². The fourth-order valence-corrected chi connectivity index (χ4v) is 5.14. The molecule has 3 aromatic rings. The summed E-state index contributed by atoms with van der Waals surface area (Å²) in [4.78, 5) is 0. The lowest BCUT2D eigenvalue weighted by Gasteiger charge is -2.27. The van der Waals surface area contributed by atoms with Gasteiger partial charge in [0, 0.05) is 11.1 Å². The lowest BCUT2D eigenvalue weighted by molar-refractivity contribution is 0.289. The van der Waals surface area contributed by atoms with Crippen LogP contribution in [0.2, 0.25) is 0 Å². The molecule has 0 N–H and O–H groups in total. The van der Waals surface area contributed by atoms with Crippen molar-refractivity contribution >= 4 is 0 Å². The van der Waals surface area contributed by atoms with Gasteiger partial charge >= 0.3 is 0 Å². The molecule has 0 atom stereocenters. The monoisotopic (exact) mass is 506 g/mol. The van der Waals surface area contributed by atoms with Gasteiger partial charge in [0.2, 0.25) is 5.82 Å². The Bertz CT molecular complexity index is 1190. The van der Waals surface area contributed by atoms with Gasteiger partial charge in [0.15, 0.2) is 11.6 Å². The number of hydrogen-bond acceptors (Lipinski definition) is 1. The molecule has 0 bridgehead atoms. The molecule has 1 aliphatic rings. The minimum absolute atomic E-state index is 0.0741. The number of ether oxygens (including phenoxy) is 1. The largest absolute Gasteiger partial charge is 0.490 e. The van der Waals surface area contributed by atoms with E-state index in [0.717, 1.165) is 50.5 Å². The summed E-state index contributed by atoms with van der Waals surface area (Å²) in [5.41, 5.74) is 2.97. The SMILES string of the molecule is CCC/C=C/C1CCC(c2ccc(-c3ccc(-c4ccc(OCCCC)c(F)c4F)cc3)c(F)c2)CC1. The van der Waals surface area contributed by atoms with E-state index in [2.05, 4.69) is 19.1 Å². The standard InChI is InChI=1S/C33H37F3O/c1-3-5-7-8-23-9-11-24(12-10-23)27-17-18-28(30(34)22-27)25-13-15-26(16-14-25)29-19-20-31(33(36)32(29)35)37-21-6-4-2/h7-8,13-20,22-24H,3-6,9-12,21H2,1-2H3/b8-7+. The van der Waals surface area contributed by atoms with Crippen LogP contribution in [0.25, 0.3) is 22.3 Å². The fraction of sp³-hybridized carbons (Fsp3) is 0.394. The molecule has 0 radical (unpaired) electrons. The second-order valence-electron chi connectivity index (χ2n) is 10.1. The van der Waals surface area contributed by atoms with Crippen molar-refractivity contribution in [2.45, 2.75) is 71.1 Å². The van der Waals surface area contributed by atoms with Gasteiger partial charge in [-0.3, -0.25) is 0 Å². The summed E-state index contributed by atoms with van der Waals surface area (Å²) in [5.74, 6) is -1.20. The van der Waals surface area contributed by atoms with Crippen LogP contribution in [0, 0.1) is 23.4 Å². The molecular formula is C33H37F3O. The molecule has 0 spiro atoms. The van der Waals surface area contributed by atoms with E-state index in [1.54, 1.807) is 30.3 Å². The van der Waals surface area contributed by atoms with Gasteiger partial charge in [-0.15, -0.1) is 0 Å². The van der Waals surface area contributed by atoms with Crippen LogP contribution in [-0.2, 0) is 0 Å². The lowest BCUT2D eigenvalue weighted by Crippen LogP contribution is -2.12. The molecule has 1 fully saturated rings. The summed E-state index contributed by atoms with van der Waals surface area (Å²) in [5, 5.41) is 0. The summed E-state index contributed by atoms with van der Waals surface area (Å²) < 4.78 is 49.8. The average Bonchev–Trinajstić information content (AvgIpc) is 2.92. The number of halogens is 3. The third-order valence-electron chi connectivity index (χ3n) is 7.41. The Balaban J connectivity index is 1.44. The molecule has 37 heavy (non-hydrogen) atoms.